The fourth-order valence-corrected chi connectivity index (χ4v) is 4.23. The van der Waals surface area contributed by atoms with Crippen molar-refractivity contribution in [2.75, 3.05) is 49.1 Å². The number of hydrogen-bond acceptors (Lipinski definition) is 4. The van der Waals surface area contributed by atoms with E-state index in [9.17, 15) is 14.4 Å². The molecule has 0 aliphatic carbocycles. The zero-order valence-corrected chi connectivity index (χ0v) is 18.7. The van der Waals surface area contributed by atoms with Crippen molar-refractivity contribution in [3.63, 3.8) is 0 Å². The van der Waals surface area contributed by atoms with Gasteiger partial charge in [-0.15, -0.1) is 0 Å². The first kappa shape index (κ1) is 22.1. The summed E-state index contributed by atoms with van der Waals surface area (Å²) in [5.41, 5.74) is 2.36. The number of anilines is 2. The van der Waals surface area contributed by atoms with E-state index in [0.29, 0.717) is 36.6 Å². The zero-order valence-electron chi connectivity index (χ0n) is 17.9. The highest BCUT2D eigenvalue weighted by molar-refractivity contribution is 6.30. The third kappa shape index (κ3) is 5.22. The first-order valence-electron chi connectivity index (χ1n) is 11.0. The molecule has 2 fully saturated rings. The quantitative estimate of drug-likeness (QED) is 0.754. The van der Waals surface area contributed by atoms with Crippen LogP contribution in [-0.2, 0) is 9.59 Å². The number of hydrogen-bond donors (Lipinski definition) is 1. The molecular weight excluding hydrogens is 428 g/mol. The molecule has 2 aliphatic heterocycles. The van der Waals surface area contributed by atoms with Crippen molar-refractivity contribution >= 4 is 40.7 Å². The van der Waals surface area contributed by atoms with Crippen molar-refractivity contribution < 1.29 is 14.4 Å². The van der Waals surface area contributed by atoms with Crippen LogP contribution in [0.3, 0.4) is 0 Å². The van der Waals surface area contributed by atoms with Crippen molar-refractivity contribution in [1.29, 1.82) is 0 Å². The summed E-state index contributed by atoms with van der Waals surface area (Å²) >= 11 is 5.95. The first-order valence-corrected chi connectivity index (χ1v) is 11.4. The zero-order chi connectivity index (χ0) is 22.5. The van der Waals surface area contributed by atoms with Gasteiger partial charge in [-0.3, -0.25) is 14.4 Å². The molecule has 2 aromatic carbocycles. The molecule has 168 valence electrons. The van der Waals surface area contributed by atoms with Crippen molar-refractivity contribution in [3.8, 4) is 0 Å². The first-order chi connectivity index (χ1) is 15.5. The van der Waals surface area contributed by atoms with Gasteiger partial charge in [-0.05, 0) is 61.4 Å². The van der Waals surface area contributed by atoms with Gasteiger partial charge in [-0.1, -0.05) is 11.6 Å². The van der Waals surface area contributed by atoms with Crippen LogP contribution in [0.4, 0.5) is 11.4 Å². The van der Waals surface area contributed by atoms with E-state index in [1.54, 1.807) is 34.1 Å². The van der Waals surface area contributed by atoms with Crippen molar-refractivity contribution in [3.05, 3.63) is 59.1 Å². The number of rotatable bonds is 5. The van der Waals surface area contributed by atoms with Crippen LogP contribution in [-0.4, -0.2) is 61.9 Å². The molecule has 0 aromatic heterocycles. The molecule has 32 heavy (non-hydrogen) atoms. The monoisotopic (exact) mass is 454 g/mol. The molecule has 7 nitrogen and oxygen atoms in total. The highest BCUT2D eigenvalue weighted by Crippen LogP contribution is 2.22. The van der Waals surface area contributed by atoms with E-state index in [-0.39, 0.29) is 24.3 Å². The minimum atomic E-state index is -0.297. The molecule has 2 saturated heterocycles. The van der Waals surface area contributed by atoms with Gasteiger partial charge in [-0.2, -0.15) is 0 Å². The molecule has 1 N–H and O–H groups in total. The van der Waals surface area contributed by atoms with Crippen molar-refractivity contribution in [1.82, 2.24) is 10.2 Å². The maximum absolute atomic E-state index is 12.5. The van der Waals surface area contributed by atoms with Crippen LogP contribution in [0.5, 0.6) is 0 Å². The van der Waals surface area contributed by atoms with Crippen molar-refractivity contribution in [2.45, 2.75) is 19.3 Å². The van der Waals surface area contributed by atoms with E-state index in [1.807, 2.05) is 24.3 Å². The minimum absolute atomic E-state index is 0.0356. The Balaban J connectivity index is 1.24. The van der Waals surface area contributed by atoms with Crippen LogP contribution in [0.25, 0.3) is 0 Å². The van der Waals surface area contributed by atoms with Crippen LogP contribution >= 0.6 is 11.6 Å². The molecule has 3 amide bonds. The smallest absolute Gasteiger partial charge is 0.251 e. The topological polar surface area (TPSA) is 73.0 Å². The second kappa shape index (κ2) is 10.0. The number of nitrogens with one attached hydrogen (secondary N) is 1. The Kier molecular flexibility index (Phi) is 6.95. The van der Waals surface area contributed by atoms with Crippen molar-refractivity contribution in [2.24, 2.45) is 0 Å². The summed E-state index contributed by atoms with van der Waals surface area (Å²) in [7, 11) is 0. The summed E-state index contributed by atoms with van der Waals surface area (Å²) in [6, 6.07) is 14.6. The lowest BCUT2D eigenvalue weighted by molar-refractivity contribution is -0.130. The Hall–Kier alpha value is -3.06. The van der Waals surface area contributed by atoms with Crippen LogP contribution in [0.2, 0.25) is 5.02 Å². The minimum Gasteiger partial charge on any atom is -0.368 e. The summed E-state index contributed by atoms with van der Waals surface area (Å²) in [6.45, 7) is 3.36. The van der Waals surface area contributed by atoms with Crippen LogP contribution in [0, 0.1) is 0 Å². The predicted octanol–water partition coefficient (Wildman–Crippen LogP) is 2.94. The Morgan fingerprint density at radius 1 is 0.844 bits per heavy atom. The van der Waals surface area contributed by atoms with Gasteiger partial charge in [0.2, 0.25) is 11.8 Å². The third-order valence-electron chi connectivity index (χ3n) is 5.99. The van der Waals surface area contributed by atoms with Gasteiger partial charge in [0.1, 0.15) is 0 Å². The lowest BCUT2D eigenvalue weighted by atomic mass is 10.1. The molecule has 2 aliphatic rings. The van der Waals surface area contributed by atoms with E-state index in [0.717, 1.165) is 37.3 Å². The molecule has 0 saturated carbocycles. The fraction of sp³-hybridized carbons (Fsp3) is 0.375. The number of halogens is 1. The van der Waals surface area contributed by atoms with E-state index in [2.05, 4.69) is 10.2 Å². The van der Waals surface area contributed by atoms with Crippen LogP contribution in [0.1, 0.15) is 29.6 Å². The number of piperazine rings is 1. The highest BCUT2D eigenvalue weighted by atomic mass is 35.5. The fourth-order valence-electron chi connectivity index (χ4n) is 4.11. The molecule has 0 unspecified atom stereocenters. The average Bonchev–Trinajstić information content (AvgIpc) is 2.83. The predicted molar refractivity (Wildman–Crippen MR) is 125 cm³/mol. The Labute approximate surface area is 192 Å². The molecule has 0 spiro atoms. The average molecular weight is 455 g/mol. The Bertz CT molecular complexity index is 970. The number of nitrogens with zero attached hydrogens (tertiary/aromatic N) is 3. The molecule has 0 atom stereocenters. The summed E-state index contributed by atoms with van der Waals surface area (Å²) in [5.74, 6) is -0.269. The maximum Gasteiger partial charge on any atom is 0.251 e. The van der Waals surface area contributed by atoms with E-state index in [1.165, 1.54) is 0 Å². The molecule has 0 bridgehead atoms. The van der Waals surface area contributed by atoms with E-state index < -0.39 is 0 Å². The maximum atomic E-state index is 12.5. The van der Waals surface area contributed by atoms with Crippen LogP contribution in [0.15, 0.2) is 48.5 Å². The van der Waals surface area contributed by atoms with Crippen LogP contribution < -0.4 is 15.1 Å². The largest absolute Gasteiger partial charge is 0.368 e. The number of benzene rings is 2. The van der Waals surface area contributed by atoms with Gasteiger partial charge < -0.3 is 20.0 Å². The standard InChI is InChI=1S/C24H27ClN4O3/c25-19-6-10-20(11-7-19)27-13-15-28(16-14-27)23(31)17-26-24(32)18-4-8-21(9-5-18)29-12-2-1-3-22(29)30/h4-11H,1-3,12-17H2,(H,26,32). The summed E-state index contributed by atoms with van der Waals surface area (Å²) in [6.07, 6.45) is 2.49. The molecule has 2 heterocycles. The van der Waals surface area contributed by atoms with Gasteiger partial charge in [0, 0.05) is 61.1 Å². The third-order valence-corrected chi connectivity index (χ3v) is 6.24. The molecule has 2 aromatic rings. The molecular formula is C24H27ClN4O3. The highest BCUT2D eigenvalue weighted by Gasteiger charge is 2.22. The van der Waals surface area contributed by atoms with Gasteiger partial charge >= 0.3 is 0 Å². The number of carbonyl (C=O) groups is 3. The summed E-state index contributed by atoms with van der Waals surface area (Å²) in [4.78, 5) is 42.8. The normalized spacial score (nSPS) is 16.8. The SMILES string of the molecule is O=C(NCC(=O)N1CCN(c2ccc(Cl)cc2)CC1)c1ccc(N2CCCCC2=O)cc1. The second-order valence-corrected chi connectivity index (χ2v) is 8.51. The van der Waals surface area contributed by atoms with Gasteiger partial charge in [0.05, 0.1) is 6.54 Å². The molecule has 8 heteroatoms. The Morgan fingerprint density at radius 2 is 1.50 bits per heavy atom. The number of carbonyl (C=O) groups excluding carboxylic acids is 3. The summed E-state index contributed by atoms with van der Waals surface area (Å²) < 4.78 is 0. The summed E-state index contributed by atoms with van der Waals surface area (Å²) in [5, 5.41) is 3.42. The van der Waals surface area contributed by atoms with Gasteiger partial charge in [0.25, 0.3) is 5.91 Å². The Morgan fingerprint density at radius 3 is 2.16 bits per heavy atom. The second-order valence-electron chi connectivity index (χ2n) is 8.08. The lowest BCUT2D eigenvalue weighted by Gasteiger charge is -2.36. The number of amides is 3. The van der Waals surface area contributed by atoms with Gasteiger partial charge in [-0.25, -0.2) is 0 Å². The molecule has 4 rings (SSSR count). The van der Waals surface area contributed by atoms with E-state index >= 15 is 0 Å². The number of piperidine rings is 1. The van der Waals surface area contributed by atoms with Gasteiger partial charge in [0.15, 0.2) is 0 Å². The molecule has 0 radical (unpaired) electrons. The van der Waals surface area contributed by atoms with E-state index in [4.69, 9.17) is 11.6 Å². The lowest BCUT2D eigenvalue weighted by Crippen LogP contribution is -2.51.